The highest BCUT2D eigenvalue weighted by Crippen LogP contribution is 2.10. The van der Waals surface area contributed by atoms with Crippen LogP contribution < -0.4 is 5.32 Å². The van der Waals surface area contributed by atoms with E-state index in [9.17, 15) is 4.79 Å². The molecule has 120 valence electrons. The molecule has 5 nitrogen and oxygen atoms in total. The Bertz CT molecular complexity index is 794. The Morgan fingerprint density at radius 2 is 2.22 bits per heavy atom. The lowest BCUT2D eigenvalue weighted by Crippen LogP contribution is -2.37. The van der Waals surface area contributed by atoms with E-state index in [1.54, 1.807) is 16.2 Å². The molecule has 6 heteroatoms. The van der Waals surface area contributed by atoms with Gasteiger partial charge in [0.1, 0.15) is 5.65 Å². The molecule has 3 rings (SSSR count). The van der Waals surface area contributed by atoms with Crippen molar-refractivity contribution in [3.05, 3.63) is 58.2 Å². The minimum atomic E-state index is -0.0738. The summed E-state index contributed by atoms with van der Waals surface area (Å²) < 4.78 is 2.03. The van der Waals surface area contributed by atoms with Crippen LogP contribution in [0.1, 0.15) is 16.3 Å². The van der Waals surface area contributed by atoms with Gasteiger partial charge in [-0.05, 0) is 36.9 Å². The summed E-state index contributed by atoms with van der Waals surface area (Å²) in [5.41, 5.74) is 2.89. The van der Waals surface area contributed by atoms with E-state index in [4.69, 9.17) is 0 Å². The number of hydrogen-bond donors (Lipinski definition) is 1. The Morgan fingerprint density at radius 3 is 2.96 bits per heavy atom. The Kier molecular flexibility index (Phi) is 4.62. The first-order valence-electron chi connectivity index (χ1n) is 7.58. The second kappa shape index (κ2) is 6.83. The fourth-order valence-corrected chi connectivity index (χ4v) is 3.12. The van der Waals surface area contributed by atoms with E-state index in [0.717, 1.165) is 23.5 Å². The van der Waals surface area contributed by atoms with E-state index >= 15 is 0 Å². The number of amides is 2. The third-order valence-electron chi connectivity index (χ3n) is 3.79. The quantitative estimate of drug-likeness (QED) is 0.782. The Balaban J connectivity index is 1.54. The van der Waals surface area contributed by atoms with Gasteiger partial charge < -0.3 is 14.6 Å². The van der Waals surface area contributed by atoms with Gasteiger partial charge in [-0.1, -0.05) is 12.1 Å². The first-order valence-corrected chi connectivity index (χ1v) is 8.46. The number of carbonyl (C=O) groups is 1. The number of fused-ring (bicyclic) bond motifs is 1. The van der Waals surface area contributed by atoms with Gasteiger partial charge in [0, 0.05) is 30.4 Å². The number of imidazole rings is 1. The van der Waals surface area contributed by atoms with E-state index in [1.165, 1.54) is 4.88 Å². The van der Waals surface area contributed by atoms with E-state index in [2.05, 4.69) is 21.7 Å². The first kappa shape index (κ1) is 15.6. The second-order valence-electron chi connectivity index (χ2n) is 5.54. The normalized spacial score (nSPS) is 10.9. The number of urea groups is 1. The molecular weight excluding hydrogens is 308 g/mol. The van der Waals surface area contributed by atoms with Crippen LogP contribution in [0.15, 0.2) is 41.9 Å². The average Bonchev–Trinajstić information content (AvgIpc) is 3.20. The summed E-state index contributed by atoms with van der Waals surface area (Å²) in [7, 11) is 1.82. The molecule has 0 spiro atoms. The fourth-order valence-electron chi connectivity index (χ4n) is 2.42. The van der Waals surface area contributed by atoms with Crippen molar-refractivity contribution in [3.63, 3.8) is 0 Å². The molecule has 3 heterocycles. The molecule has 0 fully saturated rings. The predicted octanol–water partition coefficient (Wildman–Crippen LogP) is 3.09. The molecule has 0 atom stereocenters. The number of carbonyl (C=O) groups excluding carboxylic acids is 1. The number of pyridine rings is 1. The van der Waals surface area contributed by atoms with Crippen molar-refractivity contribution in [2.24, 2.45) is 0 Å². The third kappa shape index (κ3) is 3.71. The number of rotatable bonds is 5. The van der Waals surface area contributed by atoms with Gasteiger partial charge >= 0.3 is 6.03 Å². The van der Waals surface area contributed by atoms with Crippen molar-refractivity contribution in [2.75, 3.05) is 13.6 Å². The minimum absolute atomic E-state index is 0.0738. The van der Waals surface area contributed by atoms with E-state index in [-0.39, 0.29) is 6.03 Å². The number of hydrogen-bond acceptors (Lipinski definition) is 3. The van der Waals surface area contributed by atoms with Gasteiger partial charge in [0.05, 0.1) is 12.2 Å². The zero-order chi connectivity index (χ0) is 16.2. The molecule has 0 bridgehead atoms. The van der Waals surface area contributed by atoms with Gasteiger partial charge in [0.25, 0.3) is 0 Å². The summed E-state index contributed by atoms with van der Waals surface area (Å²) >= 11 is 1.72. The zero-order valence-corrected chi connectivity index (χ0v) is 14.1. The van der Waals surface area contributed by atoms with E-state index < -0.39 is 0 Å². The van der Waals surface area contributed by atoms with Crippen LogP contribution in [0, 0.1) is 6.92 Å². The number of nitrogens with one attached hydrogen (secondary N) is 1. The standard InChI is InChI=1S/C17H20N4OS/c1-13-5-3-7-16-19-14(12-21(13)16)11-18-17(22)20(2)9-8-15-6-4-10-23-15/h3-7,10,12H,8-9,11H2,1-2H3,(H,18,22). The van der Waals surface area contributed by atoms with Crippen LogP contribution in [-0.4, -0.2) is 33.9 Å². The predicted molar refractivity (Wildman–Crippen MR) is 92.8 cm³/mol. The van der Waals surface area contributed by atoms with Crippen LogP contribution in [0.3, 0.4) is 0 Å². The molecule has 1 N–H and O–H groups in total. The highest BCUT2D eigenvalue weighted by Gasteiger charge is 2.10. The van der Waals surface area contributed by atoms with Crippen molar-refractivity contribution in [3.8, 4) is 0 Å². The molecule has 0 radical (unpaired) electrons. The molecule has 23 heavy (non-hydrogen) atoms. The molecule has 0 aliphatic rings. The maximum Gasteiger partial charge on any atom is 0.317 e. The SMILES string of the molecule is Cc1cccc2nc(CNC(=O)N(C)CCc3cccs3)cn12. The highest BCUT2D eigenvalue weighted by molar-refractivity contribution is 7.09. The van der Waals surface area contributed by atoms with E-state index in [0.29, 0.717) is 13.1 Å². The number of aromatic nitrogens is 2. The summed E-state index contributed by atoms with van der Waals surface area (Å²) in [6.07, 6.45) is 2.85. The van der Waals surface area contributed by atoms with Crippen molar-refractivity contribution in [2.45, 2.75) is 19.9 Å². The molecule has 0 saturated heterocycles. The van der Waals surface area contributed by atoms with Crippen LogP contribution in [0.2, 0.25) is 0 Å². The molecule has 0 aliphatic carbocycles. The van der Waals surface area contributed by atoms with Crippen LogP contribution in [0.5, 0.6) is 0 Å². The van der Waals surface area contributed by atoms with Gasteiger partial charge in [-0.2, -0.15) is 0 Å². The molecule has 3 aromatic heterocycles. The minimum Gasteiger partial charge on any atom is -0.332 e. The maximum absolute atomic E-state index is 12.1. The second-order valence-corrected chi connectivity index (χ2v) is 6.57. The highest BCUT2D eigenvalue weighted by atomic mass is 32.1. The molecule has 2 amide bonds. The summed E-state index contributed by atoms with van der Waals surface area (Å²) in [4.78, 5) is 19.7. The summed E-state index contributed by atoms with van der Waals surface area (Å²) in [5, 5.41) is 4.98. The smallest absolute Gasteiger partial charge is 0.317 e. The number of aryl methyl sites for hydroxylation is 1. The Hall–Kier alpha value is -2.34. The topological polar surface area (TPSA) is 49.6 Å². The summed E-state index contributed by atoms with van der Waals surface area (Å²) in [6, 6.07) is 10.0. The molecular formula is C17H20N4OS. The fraction of sp³-hybridized carbons (Fsp3) is 0.294. The van der Waals surface area contributed by atoms with Crippen molar-refractivity contribution >= 4 is 23.0 Å². The lowest BCUT2D eigenvalue weighted by atomic mass is 10.3. The number of thiophene rings is 1. The van der Waals surface area contributed by atoms with Gasteiger partial charge in [-0.3, -0.25) is 0 Å². The Morgan fingerprint density at radius 1 is 1.35 bits per heavy atom. The zero-order valence-electron chi connectivity index (χ0n) is 13.3. The lowest BCUT2D eigenvalue weighted by Gasteiger charge is -2.17. The first-order chi connectivity index (χ1) is 11.1. The molecule has 0 saturated carbocycles. The monoisotopic (exact) mass is 328 g/mol. The van der Waals surface area contributed by atoms with Crippen molar-refractivity contribution < 1.29 is 4.79 Å². The molecule has 0 aliphatic heterocycles. The largest absolute Gasteiger partial charge is 0.332 e. The van der Waals surface area contributed by atoms with Crippen LogP contribution in [0.4, 0.5) is 4.79 Å². The average molecular weight is 328 g/mol. The summed E-state index contributed by atoms with van der Waals surface area (Å²) in [5.74, 6) is 0. The summed E-state index contributed by atoms with van der Waals surface area (Å²) in [6.45, 7) is 3.18. The van der Waals surface area contributed by atoms with Crippen LogP contribution >= 0.6 is 11.3 Å². The van der Waals surface area contributed by atoms with Gasteiger partial charge in [-0.25, -0.2) is 9.78 Å². The van der Waals surface area contributed by atoms with E-state index in [1.807, 2.05) is 48.8 Å². The van der Waals surface area contributed by atoms with Crippen molar-refractivity contribution in [1.29, 1.82) is 0 Å². The van der Waals surface area contributed by atoms with Crippen LogP contribution in [0.25, 0.3) is 5.65 Å². The van der Waals surface area contributed by atoms with Crippen molar-refractivity contribution in [1.82, 2.24) is 19.6 Å². The lowest BCUT2D eigenvalue weighted by molar-refractivity contribution is 0.209. The molecule has 0 aromatic carbocycles. The maximum atomic E-state index is 12.1. The van der Waals surface area contributed by atoms with Crippen LogP contribution in [-0.2, 0) is 13.0 Å². The molecule has 3 aromatic rings. The number of nitrogens with zero attached hydrogens (tertiary/aromatic N) is 3. The molecule has 0 unspecified atom stereocenters. The van der Waals surface area contributed by atoms with Gasteiger partial charge in [0.2, 0.25) is 0 Å². The number of likely N-dealkylation sites (N-methyl/N-ethyl adjacent to an activating group) is 1. The van der Waals surface area contributed by atoms with Gasteiger partial charge in [-0.15, -0.1) is 11.3 Å². The van der Waals surface area contributed by atoms with Gasteiger partial charge in [0.15, 0.2) is 0 Å². The Labute approximate surface area is 139 Å². The third-order valence-corrected chi connectivity index (χ3v) is 4.72.